The van der Waals surface area contributed by atoms with Crippen LogP contribution in [0.2, 0.25) is 0 Å². The number of hydrogen-bond acceptors (Lipinski definition) is 3. The van der Waals surface area contributed by atoms with E-state index in [1.165, 1.54) is 4.90 Å². The Labute approximate surface area is 82.6 Å². The number of carbonyl (C=O) groups excluding carboxylic acids is 2. The lowest BCUT2D eigenvalue weighted by Crippen LogP contribution is -2.68. The largest absolute Gasteiger partial charge is 0.312 e. The summed E-state index contributed by atoms with van der Waals surface area (Å²) in [5.74, 6) is 0.213. The molecule has 1 saturated carbocycles. The Morgan fingerprint density at radius 3 is 2.00 bits per heavy atom. The van der Waals surface area contributed by atoms with E-state index < -0.39 is 0 Å². The minimum absolute atomic E-state index is 0.0277. The molecule has 0 aromatic heterocycles. The minimum atomic E-state index is -0.231. The predicted molar refractivity (Wildman–Crippen MR) is 49.3 cm³/mol. The van der Waals surface area contributed by atoms with E-state index in [0.717, 1.165) is 25.9 Å². The van der Waals surface area contributed by atoms with Crippen LogP contribution in [-0.2, 0) is 9.59 Å². The SMILES string of the molecule is CC1(N2C(=O)C3CCC3C2=O)CNC1. The third-order valence-electron chi connectivity index (χ3n) is 3.90. The van der Waals surface area contributed by atoms with Crippen molar-refractivity contribution in [3.05, 3.63) is 0 Å². The zero-order chi connectivity index (χ0) is 9.92. The molecule has 0 aromatic carbocycles. The summed E-state index contributed by atoms with van der Waals surface area (Å²) in [7, 11) is 0. The van der Waals surface area contributed by atoms with E-state index in [0.29, 0.717) is 0 Å². The third-order valence-corrected chi connectivity index (χ3v) is 3.90. The van der Waals surface area contributed by atoms with Crippen LogP contribution in [0.1, 0.15) is 19.8 Å². The van der Waals surface area contributed by atoms with Gasteiger partial charge in [0.25, 0.3) is 0 Å². The van der Waals surface area contributed by atoms with E-state index in [4.69, 9.17) is 0 Å². The standard InChI is InChI=1S/C10H14N2O2/c1-10(4-11-5-10)12-8(13)6-2-3-7(6)9(12)14/h6-7,11H,2-5H2,1H3. The van der Waals surface area contributed by atoms with E-state index in [-0.39, 0.29) is 29.2 Å². The molecule has 3 aliphatic rings. The van der Waals surface area contributed by atoms with Gasteiger partial charge >= 0.3 is 0 Å². The molecule has 3 fully saturated rings. The Morgan fingerprint density at radius 1 is 1.21 bits per heavy atom. The number of carbonyl (C=O) groups is 2. The highest BCUT2D eigenvalue weighted by Crippen LogP contribution is 2.45. The van der Waals surface area contributed by atoms with Crippen LogP contribution < -0.4 is 5.32 Å². The fourth-order valence-electron chi connectivity index (χ4n) is 2.71. The summed E-state index contributed by atoms with van der Waals surface area (Å²) in [6, 6.07) is 0. The number of nitrogens with zero attached hydrogens (tertiary/aromatic N) is 1. The summed E-state index contributed by atoms with van der Waals surface area (Å²) in [4.78, 5) is 25.3. The van der Waals surface area contributed by atoms with Gasteiger partial charge in [0.05, 0.1) is 17.4 Å². The van der Waals surface area contributed by atoms with Gasteiger partial charge < -0.3 is 5.32 Å². The molecule has 76 valence electrons. The second-order valence-corrected chi connectivity index (χ2v) is 4.90. The molecule has 14 heavy (non-hydrogen) atoms. The molecule has 2 saturated heterocycles. The Morgan fingerprint density at radius 2 is 1.71 bits per heavy atom. The van der Waals surface area contributed by atoms with Gasteiger partial charge in [-0.2, -0.15) is 0 Å². The maximum Gasteiger partial charge on any atom is 0.233 e. The molecule has 2 amide bonds. The summed E-state index contributed by atoms with van der Waals surface area (Å²) in [5, 5.41) is 3.12. The van der Waals surface area contributed by atoms with Crippen LogP contribution >= 0.6 is 0 Å². The van der Waals surface area contributed by atoms with Gasteiger partial charge in [-0.15, -0.1) is 0 Å². The zero-order valence-electron chi connectivity index (χ0n) is 8.25. The van der Waals surface area contributed by atoms with E-state index in [2.05, 4.69) is 5.32 Å². The molecule has 2 unspecified atom stereocenters. The van der Waals surface area contributed by atoms with Crippen molar-refractivity contribution in [3.8, 4) is 0 Å². The Balaban J connectivity index is 1.92. The lowest BCUT2D eigenvalue weighted by atomic mass is 9.76. The van der Waals surface area contributed by atoms with Gasteiger partial charge in [-0.1, -0.05) is 0 Å². The van der Waals surface area contributed by atoms with Crippen LogP contribution in [0, 0.1) is 11.8 Å². The number of fused-ring (bicyclic) bond motifs is 1. The minimum Gasteiger partial charge on any atom is -0.312 e. The number of nitrogens with one attached hydrogen (secondary N) is 1. The second kappa shape index (κ2) is 2.37. The van der Waals surface area contributed by atoms with E-state index in [9.17, 15) is 9.59 Å². The van der Waals surface area contributed by atoms with Gasteiger partial charge in [0.15, 0.2) is 0 Å². The summed E-state index contributed by atoms with van der Waals surface area (Å²) < 4.78 is 0. The van der Waals surface area contributed by atoms with Gasteiger partial charge in [-0.25, -0.2) is 0 Å². The summed E-state index contributed by atoms with van der Waals surface area (Å²) in [6.45, 7) is 3.50. The highest BCUT2D eigenvalue weighted by atomic mass is 16.2. The number of imide groups is 1. The molecule has 4 heteroatoms. The average molecular weight is 194 g/mol. The van der Waals surface area contributed by atoms with Crippen molar-refractivity contribution < 1.29 is 9.59 Å². The van der Waals surface area contributed by atoms with Gasteiger partial charge in [0.1, 0.15) is 0 Å². The van der Waals surface area contributed by atoms with Crippen molar-refractivity contribution in [3.63, 3.8) is 0 Å². The molecule has 1 aliphatic carbocycles. The van der Waals surface area contributed by atoms with Crippen LogP contribution in [0.15, 0.2) is 0 Å². The molecule has 2 atom stereocenters. The van der Waals surface area contributed by atoms with Crippen molar-refractivity contribution in [1.29, 1.82) is 0 Å². The smallest absolute Gasteiger partial charge is 0.233 e. The van der Waals surface area contributed by atoms with E-state index in [1.807, 2.05) is 6.92 Å². The number of amides is 2. The Kier molecular flexibility index (Phi) is 1.42. The molecule has 4 nitrogen and oxygen atoms in total. The quantitative estimate of drug-likeness (QED) is 0.585. The first-order valence-corrected chi connectivity index (χ1v) is 5.22. The molecule has 0 radical (unpaired) electrons. The molecule has 0 aromatic rings. The lowest BCUT2D eigenvalue weighted by molar-refractivity contribution is -0.148. The highest BCUT2D eigenvalue weighted by molar-refractivity contribution is 6.07. The third kappa shape index (κ3) is 0.780. The van der Waals surface area contributed by atoms with E-state index >= 15 is 0 Å². The molecule has 1 N–H and O–H groups in total. The molecule has 2 aliphatic heterocycles. The lowest BCUT2D eigenvalue weighted by Gasteiger charge is -2.45. The first-order valence-electron chi connectivity index (χ1n) is 5.22. The maximum absolute atomic E-state index is 11.9. The predicted octanol–water partition coefficient (Wildman–Crippen LogP) is -0.257. The Bertz CT molecular complexity index is 300. The molecule has 0 bridgehead atoms. The van der Waals surface area contributed by atoms with Gasteiger partial charge in [-0.05, 0) is 19.8 Å². The van der Waals surface area contributed by atoms with Gasteiger partial charge in [-0.3, -0.25) is 14.5 Å². The normalized spacial score (nSPS) is 39.1. The van der Waals surface area contributed by atoms with Crippen molar-refractivity contribution in [2.75, 3.05) is 13.1 Å². The van der Waals surface area contributed by atoms with Crippen LogP contribution in [0.25, 0.3) is 0 Å². The van der Waals surface area contributed by atoms with Crippen LogP contribution in [0.4, 0.5) is 0 Å². The highest BCUT2D eigenvalue weighted by Gasteiger charge is 2.58. The number of hydrogen-bond donors (Lipinski definition) is 1. The topological polar surface area (TPSA) is 49.4 Å². The van der Waals surface area contributed by atoms with Crippen molar-refractivity contribution in [2.24, 2.45) is 11.8 Å². The average Bonchev–Trinajstić information content (AvgIpc) is 2.13. The maximum atomic E-state index is 11.9. The molecular formula is C10H14N2O2. The molecule has 2 heterocycles. The van der Waals surface area contributed by atoms with E-state index in [1.54, 1.807) is 0 Å². The Hall–Kier alpha value is -0.900. The van der Waals surface area contributed by atoms with Crippen molar-refractivity contribution in [1.82, 2.24) is 10.2 Å². The zero-order valence-corrected chi connectivity index (χ0v) is 8.25. The van der Waals surface area contributed by atoms with Crippen molar-refractivity contribution in [2.45, 2.75) is 25.3 Å². The summed E-state index contributed by atoms with van der Waals surface area (Å²) in [6.07, 6.45) is 1.82. The van der Waals surface area contributed by atoms with Crippen LogP contribution in [0.5, 0.6) is 0 Å². The first kappa shape index (κ1) is 8.41. The van der Waals surface area contributed by atoms with Crippen LogP contribution in [0.3, 0.4) is 0 Å². The second-order valence-electron chi connectivity index (χ2n) is 4.90. The van der Waals surface area contributed by atoms with Crippen molar-refractivity contribution >= 4 is 11.8 Å². The molecular weight excluding hydrogens is 180 g/mol. The first-order chi connectivity index (χ1) is 6.63. The monoisotopic (exact) mass is 194 g/mol. The fraction of sp³-hybridized carbons (Fsp3) is 0.800. The number of rotatable bonds is 1. The summed E-state index contributed by atoms with van der Waals surface area (Å²) in [5.41, 5.74) is -0.231. The molecule has 0 spiro atoms. The van der Waals surface area contributed by atoms with Gasteiger partial charge in [0.2, 0.25) is 11.8 Å². The number of likely N-dealkylation sites (tertiary alicyclic amines) is 1. The molecule has 3 rings (SSSR count). The van der Waals surface area contributed by atoms with Gasteiger partial charge in [0, 0.05) is 13.1 Å². The fourth-order valence-corrected chi connectivity index (χ4v) is 2.71. The summed E-state index contributed by atoms with van der Waals surface area (Å²) >= 11 is 0. The van der Waals surface area contributed by atoms with Crippen LogP contribution in [-0.4, -0.2) is 35.3 Å².